The third-order valence-electron chi connectivity index (χ3n) is 4.51. The summed E-state index contributed by atoms with van der Waals surface area (Å²) in [6, 6.07) is 21.9. The van der Waals surface area contributed by atoms with Crippen LogP contribution in [0.4, 0.5) is 5.69 Å². The predicted molar refractivity (Wildman–Crippen MR) is 107 cm³/mol. The largest absolute Gasteiger partial charge is 0.480 e. The minimum Gasteiger partial charge on any atom is -0.480 e. The van der Waals surface area contributed by atoms with E-state index in [1.165, 1.54) is 17.5 Å². The lowest BCUT2D eigenvalue weighted by atomic mass is 10.0. The maximum atomic E-state index is 10.7. The standard InChI is InChI=1S/C13H13NO2.C9H11N/c1-9(13(15)16)14-12-7-6-10-4-2-3-5-11(10)8-12;1-2-4-9-7-10-6-5-8(9)3-1/h2-9,14H,1H3,(H,15,16);1-4,10H,5-7H2/t9-;/m0./s1. The first kappa shape index (κ1) is 18.0. The van der Waals surface area contributed by atoms with Crippen LogP contribution in [0.1, 0.15) is 18.1 Å². The van der Waals surface area contributed by atoms with Gasteiger partial charge in [0.25, 0.3) is 0 Å². The van der Waals surface area contributed by atoms with Gasteiger partial charge in [0, 0.05) is 12.2 Å². The molecule has 3 N–H and O–H groups in total. The molecule has 0 fully saturated rings. The Morgan fingerprint density at radius 1 is 1.00 bits per heavy atom. The summed E-state index contributed by atoms with van der Waals surface area (Å²) in [6.45, 7) is 3.81. The van der Waals surface area contributed by atoms with Crippen molar-refractivity contribution in [1.82, 2.24) is 5.32 Å². The van der Waals surface area contributed by atoms with E-state index >= 15 is 0 Å². The highest BCUT2D eigenvalue weighted by atomic mass is 16.4. The molecule has 0 aliphatic carbocycles. The minimum absolute atomic E-state index is 0.582. The van der Waals surface area contributed by atoms with Crippen LogP contribution >= 0.6 is 0 Å². The molecular weight excluding hydrogens is 324 g/mol. The van der Waals surface area contributed by atoms with E-state index in [1.54, 1.807) is 6.92 Å². The fourth-order valence-electron chi connectivity index (χ4n) is 3.01. The zero-order valence-electron chi connectivity index (χ0n) is 14.9. The van der Waals surface area contributed by atoms with Crippen LogP contribution in [-0.2, 0) is 17.8 Å². The number of carboxylic acids is 1. The Morgan fingerprint density at radius 3 is 2.42 bits per heavy atom. The summed E-state index contributed by atoms with van der Waals surface area (Å²) in [7, 11) is 0. The van der Waals surface area contributed by atoms with Crippen LogP contribution in [0.2, 0.25) is 0 Å². The second kappa shape index (κ2) is 8.50. The highest BCUT2D eigenvalue weighted by Gasteiger charge is 2.09. The average molecular weight is 348 g/mol. The van der Waals surface area contributed by atoms with Crippen molar-refractivity contribution in [3.8, 4) is 0 Å². The SMILES string of the molecule is C[C@H](Nc1ccc2ccccc2c1)C(=O)O.c1ccc2c(c1)CCNC2. The summed E-state index contributed by atoms with van der Waals surface area (Å²) in [4.78, 5) is 10.7. The van der Waals surface area contributed by atoms with Crippen LogP contribution in [0, 0.1) is 0 Å². The van der Waals surface area contributed by atoms with E-state index in [-0.39, 0.29) is 0 Å². The molecule has 1 aliphatic heterocycles. The van der Waals surface area contributed by atoms with Gasteiger partial charge in [-0.3, -0.25) is 4.79 Å². The lowest BCUT2D eigenvalue weighted by Crippen LogP contribution is -2.25. The van der Waals surface area contributed by atoms with Gasteiger partial charge < -0.3 is 15.7 Å². The number of nitrogens with one attached hydrogen (secondary N) is 2. The van der Waals surface area contributed by atoms with Crippen LogP contribution in [0.15, 0.2) is 66.7 Å². The number of fused-ring (bicyclic) bond motifs is 2. The number of hydrogen-bond acceptors (Lipinski definition) is 3. The van der Waals surface area contributed by atoms with Crippen LogP contribution in [0.5, 0.6) is 0 Å². The molecular formula is C22H24N2O2. The Labute approximate surface area is 153 Å². The topological polar surface area (TPSA) is 61.4 Å². The fourth-order valence-corrected chi connectivity index (χ4v) is 3.01. The molecule has 0 bridgehead atoms. The van der Waals surface area contributed by atoms with Crippen LogP contribution in [-0.4, -0.2) is 23.7 Å². The summed E-state index contributed by atoms with van der Waals surface area (Å²) < 4.78 is 0. The Bertz CT molecular complexity index is 867. The van der Waals surface area contributed by atoms with E-state index in [9.17, 15) is 4.79 Å². The summed E-state index contributed by atoms with van der Waals surface area (Å²) in [5.41, 5.74) is 3.81. The molecule has 1 aliphatic rings. The van der Waals surface area contributed by atoms with Crippen LogP contribution in [0.3, 0.4) is 0 Å². The molecule has 4 rings (SSSR count). The second-order valence-corrected chi connectivity index (χ2v) is 6.46. The van der Waals surface area contributed by atoms with Gasteiger partial charge in [-0.15, -0.1) is 0 Å². The fraction of sp³-hybridized carbons (Fsp3) is 0.227. The highest BCUT2D eigenvalue weighted by molar-refractivity contribution is 5.86. The van der Waals surface area contributed by atoms with Gasteiger partial charge in [-0.2, -0.15) is 0 Å². The summed E-state index contributed by atoms with van der Waals surface area (Å²) in [5, 5.41) is 17.3. The normalized spacial score (nSPS) is 13.9. The highest BCUT2D eigenvalue weighted by Crippen LogP contribution is 2.19. The third kappa shape index (κ3) is 4.61. The van der Waals surface area contributed by atoms with E-state index in [2.05, 4.69) is 34.9 Å². The van der Waals surface area contributed by atoms with Gasteiger partial charge in [0.15, 0.2) is 0 Å². The quantitative estimate of drug-likeness (QED) is 0.668. The van der Waals surface area contributed by atoms with Gasteiger partial charge in [-0.05, 0) is 53.9 Å². The van der Waals surface area contributed by atoms with E-state index in [4.69, 9.17) is 5.11 Å². The Morgan fingerprint density at radius 2 is 1.69 bits per heavy atom. The molecule has 0 saturated heterocycles. The van der Waals surface area contributed by atoms with Gasteiger partial charge in [0.2, 0.25) is 0 Å². The number of carboxylic acid groups (broad SMARTS) is 1. The van der Waals surface area contributed by atoms with Gasteiger partial charge in [0.1, 0.15) is 6.04 Å². The molecule has 4 heteroatoms. The maximum Gasteiger partial charge on any atom is 0.325 e. The van der Waals surface area contributed by atoms with Crippen LogP contribution < -0.4 is 10.6 Å². The number of rotatable bonds is 3. The second-order valence-electron chi connectivity index (χ2n) is 6.46. The molecule has 3 aromatic carbocycles. The number of anilines is 1. The predicted octanol–water partition coefficient (Wildman–Crippen LogP) is 4.06. The monoisotopic (exact) mass is 348 g/mol. The molecule has 0 unspecified atom stereocenters. The van der Waals surface area contributed by atoms with Gasteiger partial charge in [-0.25, -0.2) is 0 Å². The van der Waals surface area contributed by atoms with E-state index in [0.29, 0.717) is 0 Å². The number of aliphatic carboxylic acids is 1. The molecule has 0 amide bonds. The number of carbonyl (C=O) groups is 1. The first-order chi connectivity index (χ1) is 12.6. The van der Waals surface area contributed by atoms with Crippen molar-refractivity contribution in [2.24, 2.45) is 0 Å². The molecule has 0 saturated carbocycles. The molecule has 4 nitrogen and oxygen atoms in total. The summed E-state index contributed by atoms with van der Waals surface area (Å²) in [5.74, 6) is -0.854. The third-order valence-corrected chi connectivity index (χ3v) is 4.51. The zero-order valence-corrected chi connectivity index (χ0v) is 14.9. The first-order valence-corrected chi connectivity index (χ1v) is 8.89. The van der Waals surface area contributed by atoms with E-state index in [1.807, 2.05) is 42.5 Å². The van der Waals surface area contributed by atoms with Crippen molar-refractivity contribution >= 4 is 22.4 Å². The van der Waals surface area contributed by atoms with Crippen molar-refractivity contribution in [2.45, 2.75) is 25.9 Å². The Hall–Kier alpha value is -2.85. The van der Waals surface area contributed by atoms with Crippen molar-refractivity contribution in [3.05, 3.63) is 77.9 Å². The molecule has 0 aromatic heterocycles. The van der Waals surface area contributed by atoms with Crippen molar-refractivity contribution < 1.29 is 9.90 Å². The Kier molecular flexibility index (Phi) is 5.87. The molecule has 0 spiro atoms. The van der Waals surface area contributed by atoms with Gasteiger partial charge >= 0.3 is 5.97 Å². The van der Waals surface area contributed by atoms with E-state index in [0.717, 1.165) is 29.5 Å². The maximum absolute atomic E-state index is 10.7. The lowest BCUT2D eigenvalue weighted by molar-refractivity contribution is -0.137. The molecule has 26 heavy (non-hydrogen) atoms. The Balaban J connectivity index is 0.000000167. The number of hydrogen-bond donors (Lipinski definition) is 3. The van der Waals surface area contributed by atoms with Crippen molar-refractivity contribution in [2.75, 3.05) is 11.9 Å². The van der Waals surface area contributed by atoms with Gasteiger partial charge in [-0.1, -0.05) is 54.6 Å². The molecule has 1 heterocycles. The van der Waals surface area contributed by atoms with Crippen LogP contribution in [0.25, 0.3) is 10.8 Å². The average Bonchev–Trinajstić information content (AvgIpc) is 2.68. The summed E-state index contributed by atoms with van der Waals surface area (Å²) >= 11 is 0. The van der Waals surface area contributed by atoms with Crippen molar-refractivity contribution in [1.29, 1.82) is 0 Å². The smallest absolute Gasteiger partial charge is 0.325 e. The van der Waals surface area contributed by atoms with Gasteiger partial charge in [0.05, 0.1) is 0 Å². The van der Waals surface area contributed by atoms with E-state index < -0.39 is 12.0 Å². The number of benzene rings is 3. The lowest BCUT2D eigenvalue weighted by Gasteiger charge is -2.15. The van der Waals surface area contributed by atoms with Crippen molar-refractivity contribution in [3.63, 3.8) is 0 Å². The molecule has 134 valence electrons. The minimum atomic E-state index is -0.854. The molecule has 3 aromatic rings. The molecule has 1 atom stereocenters. The first-order valence-electron chi connectivity index (χ1n) is 8.89. The zero-order chi connectivity index (χ0) is 18.4. The molecule has 0 radical (unpaired) electrons. The summed E-state index contributed by atoms with van der Waals surface area (Å²) in [6.07, 6.45) is 1.19.